The second-order valence-corrected chi connectivity index (χ2v) is 18.9. The molecule has 49 heavy (non-hydrogen) atoms. The van der Waals surface area contributed by atoms with Crippen molar-refractivity contribution in [3.8, 4) is 5.75 Å². The fourth-order valence-corrected chi connectivity index (χ4v) is 12.7. The van der Waals surface area contributed by atoms with Crippen LogP contribution in [0, 0.1) is 5.92 Å². The summed E-state index contributed by atoms with van der Waals surface area (Å²) in [6, 6.07) is 24.1. The van der Waals surface area contributed by atoms with Crippen LogP contribution in [0.1, 0.15) is 48.9 Å². The predicted octanol–water partition coefficient (Wildman–Crippen LogP) is 4.82. The Hall–Kier alpha value is -4.32. The van der Waals surface area contributed by atoms with E-state index in [1.807, 2.05) is 83.5 Å². The summed E-state index contributed by atoms with van der Waals surface area (Å²) in [5.74, 6) is 0.434. The summed E-state index contributed by atoms with van der Waals surface area (Å²) in [6.07, 6.45) is 3.64. The van der Waals surface area contributed by atoms with Crippen LogP contribution in [-0.4, -0.2) is 73.4 Å². The lowest BCUT2D eigenvalue weighted by molar-refractivity contribution is -0.145. The van der Waals surface area contributed by atoms with Gasteiger partial charge in [-0.3, -0.25) is 14.3 Å². The van der Waals surface area contributed by atoms with E-state index < -0.39 is 13.7 Å². The van der Waals surface area contributed by atoms with E-state index in [1.165, 1.54) is 5.19 Å². The third-order valence-corrected chi connectivity index (χ3v) is 15.6. The monoisotopic (exact) mass is 679 g/mol. The van der Waals surface area contributed by atoms with Gasteiger partial charge in [-0.2, -0.15) is 0 Å². The first-order valence-corrected chi connectivity index (χ1v) is 20.3. The van der Waals surface area contributed by atoms with E-state index in [4.69, 9.17) is 9.47 Å². The van der Waals surface area contributed by atoms with Gasteiger partial charge in [0.1, 0.15) is 5.75 Å². The number of methoxy groups -OCH3 is 1. The molecule has 0 aliphatic carbocycles. The number of aromatic nitrogens is 3. The lowest BCUT2D eigenvalue weighted by atomic mass is 9.82. The number of fused-ring (bicyclic) bond motifs is 2. The van der Waals surface area contributed by atoms with Gasteiger partial charge in [0.05, 0.1) is 45.2 Å². The number of hydrogen-bond donors (Lipinski definition) is 1. The second kappa shape index (κ2) is 12.9. The molecular formula is C38H45N5O5Si. The van der Waals surface area contributed by atoms with Crippen molar-refractivity contribution in [3.05, 3.63) is 95.8 Å². The normalized spacial score (nSPS) is 24.2. The molecule has 2 fully saturated rings. The highest BCUT2D eigenvalue weighted by molar-refractivity contribution is 6.91. The number of aliphatic hydroxyl groups is 1. The highest BCUT2D eigenvalue weighted by Crippen LogP contribution is 2.60. The van der Waals surface area contributed by atoms with Crippen LogP contribution in [-0.2, 0) is 26.5 Å². The summed E-state index contributed by atoms with van der Waals surface area (Å²) in [5.41, 5.74) is 3.06. The van der Waals surface area contributed by atoms with E-state index in [0.717, 1.165) is 34.7 Å². The Kier molecular flexibility index (Phi) is 8.70. The number of aryl methyl sites for hydroxylation is 1. The molecule has 1 unspecified atom stereocenters. The molecule has 4 aromatic rings. The van der Waals surface area contributed by atoms with Crippen LogP contribution in [0.4, 0.5) is 11.4 Å². The van der Waals surface area contributed by atoms with E-state index in [9.17, 15) is 14.7 Å². The molecule has 1 spiro atoms. The van der Waals surface area contributed by atoms with Crippen molar-refractivity contribution in [2.45, 2.75) is 69.0 Å². The van der Waals surface area contributed by atoms with Crippen LogP contribution in [0.3, 0.4) is 0 Å². The lowest BCUT2D eigenvalue weighted by Gasteiger charge is -2.37. The number of aliphatic hydroxyl groups excluding tert-OH is 1. The molecule has 5 atom stereocenters. The van der Waals surface area contributed by atoms with Crippen molar-refractivity contribution in [2.24, 2.45) is 5.92 Å². The van der Waals surface area contributed by atoms with E-state index in [0.29, 0.717) is 31.6 Å². The van der Waals surface area contributed by atoms with Gasteiger partial charge in [0.2, 0.25) is 5.91 Å². The maximum atomic E-state index is 14.5. The summed E-state index contributed by atoms with van der Waals surface area (Å²) in [7, 11) is 1.17. The molecule has 1 N–H and O–H groups in total. The first-order valence-electron chi connectivity index (χ1n) is 17.2. The Labute approximate surface area is 288 Å². The van der Waals surface area contributed by atoms with Crippen LogP contribution < -0.4 is 19.7 Å². The van der Waals surface area contributed by atoms with Crippen LogP contribution in [0.15, 0.2) is 79.0 Å². The van der Waals surface area contributed by atoms with E-state index in [1.54, 1.807) is 12.0 Å². The average molecular weight is 680 g/mol. The first kappa shape index (κ1) is 33.2. The maximum absolute atomic E-state index is 14.5. The number of amides is 2. The SMILES string of the molecule is COc1ccc([Si](C)(C)[C@@H]2[C@@H](CCn3cc(C(CO)c4ccccc4)nn3)O[C@]3(C(=O)N(C)c4ccc(N5CCCC5=O)cc43)[C@H]2C)cc1. The number of benzene rings is 3. The number of carbonyl (C=O) groups excluding carboxylic acids is 2. The van der Waals surface area contributed by atoms with Gasteiger partial charge in [-0.25, -0.2) is 0 Å². The molecule has 2 saturated heterocycles. The molecule has 0 radical (unpaired) electrons. The average Bonchev–Trinajstić information content (AvgIpc) is 3.88. The highest BCUT2D eigenvalue weighted by Gasteiger charge is 2.65. The molecule has 0 bridgehead atoms. The largest absolute Gasteiger partial charge is 0.497 e. The summed E-state index contributed by atoms with van der Waals surface area (Å²) >= 11 is 0. The van der Waals surface area contributed by atoms with Gasteiger partial charge in [-0.05, 0) is 54.3 Å². The van der Waals surface area contributed by atoms with E-state index in [-0.39, 0.29) is 41.9 Å². The van der Waals surface area contributed by atoms with Gasteiger partial charge < -0.3 is 24.4 Å². The van der Waals surface area contributed by atoms with Crippen molar-refractivity contribution in [3.63, 3.8) is 0 Å². The van der Waals surface area contributed by atoms with Crippen LogP contribution in [0.25, 0.3) is 0 Å². The Balaban J connectivity index is 1.25. The minimum absolute atomic E-state index is 0.0661. The smallest absolute Gasteiger partial charge is 0.264 e. The topological polar surface area (TPSA) is 110 Å². The molecule has 0 saturated carbocycles. The van der Waals surface area contributed by atoms with Crippen molar-refractivity contribution in [1.82, 2.24) is 15.0 Å². The third kappa shape index (κ3) is 5.48. The van der Waals surface area contributed by atoms with Gasteiger partial charge in [0, 0.05) is 49.9 Å². The van der Waals surface area contributed by atoms with Crippen LogP contribution >= 0.6 is 0 Å². The summed E-state index contributed by atoms with van der Waals surface area (Å²) in [5, 5.41) is 20.4. The molecule has 4 heterocycles. The molecule has 1 aromatic heterocycles. The number of anilines is 2. The fourth-order valence-electron chi connectivity index (χ4n) is 8.66. The fraction of sp³-hybridized carbons (Fsp3) is 0.421. The second-order valence-electron chi connectivity index (χ2n) is 14.2. The molecule has 10 nitrogen and oxygen atoms in total. The zero-order chi connectivity index (χ0) is 34.5. The zero-order valence-electron chi connectivity index (χ0n) is 28.9. The summed E-state index contributed by atoms with van der Waals surface area (Å²) in [4.78, 5) is 30.8. The summed E-state index contributed by atoms with van der Waals surface area (Å²) in [6.45, 7) is 8.06. The number of rotatable bonds is 10. The summed E-state index contributed by atoms with van der Waals surface area (Å²) < 4.78 is 14.5. The minimum Gasteiger partial charge on any atom is -0.497 e. The molecule has 3 aliphatic rings. The predicted molar refractivity (Wildman–Crippen MR) is 191 cm³/mol. The first-order chi connectivity index (χ1) is 23.6. The van der Waals surface area contributed by atoms with Crippen LogP contribution in [0.5, 0.6) is 5.75 Å². The van der Waals surface area contributed by atoms with Gasteiger partial charge in [-0.15, -0.1) is 5.10 Å². The Morgan fingerprint density at radius 2 is 1.84 bits per heavy atom. The van der Waals surface area contributed by atoms with Crippen molar-refractivity contribution < 1.29 is 24.2 Å². The number of carbonyl (C=O) groups is 2. The molecule has 11 heteroatoms. The van der Waals surface area contributed by atoms with Crippen molar-refractivity contribution in [2.75, 3.05) is 37.1 Å². The van der Waals surface area contributed by atoms with Gasteiger partial charge in [0.15, 0.2) is 5.60 Å². The Bertz CT molecular complexity index is 1850. The lowest BCUT2D eigenvalue weighted by Crippen LogP contribution is -2.51. The van der Waals surface area contributed by atoms with E-state index >= 15 is 0 Å². The number of hydrogen-bond acceptors (Lipinski definition) is 7. The zero-order valence-corrected chi connectivity index (χ0v) is 29.9. The number of ether oxygens (including phenoxy) is 2. The number of nitrogens with zero attached hydrogens (tertiary/aromatic N) is 5. The van der Waals surface area contributed by atoms with Crippen LogP contribution in [0.2, 0.25) is 18.6 Å². The minimum atomic E-state index is -2.32. The molecule has 256 valence electrons. The molecule has 2 amide bonds. The quantitative estimate of drug-likeness (QED) is 0.240. The highest BCUT2D eigenvalue weighted by atomic mass is 28.3. The van der Waals surface area contributed by atoms with Gasteiger partial charge in [-0.1, -0.05) is 72.9 Å². The maximum Gasteiger partial charge on any atom is 0.264 e. The Morgan fingerprint density at radius 3 is 2.51 bits per heavy atom. The van der Waals surface area contributed by atoms with Crippen molar-refractivity contribution >= 4 is 36.4 Å². The molecular weight excluding hydrogens is 635 g/mol. The third-order valence-electron chi connectivity index (χ3n) is 11.3. The standard InChI is InChI=1S/C38H45N5O5Si/c1-25-36(49(4,5)29-16-14-28(47-3)15-17-29)34(19-21-42-23-32(39-40-42)30(24-44)26-10-7-6-8-11-26)48-38(25)31-22-27(43-20-9-12-35(43)45)13-18-33(31)41(2)37(38)46/h6-8,10-11,13-18,22-23,25,30,34,36,44H,9,12,19-21,24H2,1-5H3/t25-,30?,34+,36-,38+/m0/s1. The van der Waals surface area contributed by atoms with Crippen molar-refractivity contribution in [1.29, 1.82) is 0 Å². The molecule has 7 rings (SSSR count). The van der Waals surface area contributed by atoms with Gasteiger partial charge >= 0.3 is 0 Å². The Morgan fingerprint density at radius 1 is 1.08 bits per heavy atom. The molecule has 3 aromatic carbocycles. The van der Waals surface area contributed by atoms with E-state index in [2.05, 4.69) is 42.5 Å². The molecule has 3 aliphatic heterocycles. The van der Waals surface area contributed by atoms with Gasteiger partial charge in [0.25, 0.3) is 5.91 Å². The number of likely N-dealkylation sites (N-methyl/N-ethyl adjacent to an activating group) is 1.